The normalized spacial score (nSPS) is 12.5. The lowest BCUT2D eigenvalue weighted by Gasteiger charge is -2.13. The number of amides is 1. The number of rotatable bonds is 9. The molecule has 15 heavy (non-hydrogen) atoms. The second-order valence-corrected chi connectivity index (χ2v) is 3.77. The number of aliphatic hydroxyl groups excluding tert-OH is 1. The standard InChI is InChI=1S/C11H24N2O2/c1-3-6-13-11(15)9-12-8-10(4-2)5-7-14/h10,12,14H,3-9H2,1-2H3,(H,13,15). The van der Waals surface area contributed by atoms with E-state index in [4.69, 9.17) is 5.11 Å². The maximum absolute atomic E-state index is 11.2. The molecule has 0 aromatic carbocycles. The van der Waals surface area contributed by atoms with Crippen LogP contribution in [0.3, 0.4) is 0 Å². The Balaban J connectivity index is 3.45. The molecule has 1 unspecified atom stereocenters. The molecule has 0 rings (SSSR count). The zero-order valence-electron chi connectivity index (χ0n) is 9.88. The van der Waals surface area contributed by atoms with Crippen molar-refractivity contribution in [1.29, 1.82) is 0 Å². The van der Waals surface area contributed by atoms with Crippen LogP contribution in [0.5, 0.6) is 0 Å². The third-order valence-corrected chi connectivity index (χ3v) is 2.41. The lowest BCUT2D eigenvalue weighted by Crippen LogP contribution is -2.36. The first-order valence-electron chi connectivity index (χ1n) is 5.82. The van der Waals surface area contributed by atoms with Crippen LogP contribution < -0.4 is 10.6 Å². The minimum atomic E-state index is 0.0516. The summed E-state index contributed by atoms with van der Waals surface area (Å²) >= 11 is 0. The Bertz CT molecular complexity index is 163. The summed E-state index contributed by atoms with van der Waals surface area (Å²) in [4.78, 5) is 11.2. The Hall–Kier alpha value is -0.610. The van der Waals surface area contributed by atoms with Crippen LogP contribution >= 0.6 is 0 Å². The molecule has 0 heterocycles. The van der Waals surface area contributed by atoms with Gasteiger partial charge in [-0.25, -0.2) is 0 Å². The van der Waals surface area contributed by atoms with E-state index in [1.54, 1.807) is 0 Å². The Morgan fingerprint density at radius 1 is 1.40 bits per heavy atom. The number of carbonyl (C=O) groups is 1. The highest BCUT2D eigenvalue weighted by atomic mass is 16.3. The molecule has 0 spiro atoms. The molecule has 0 aliphatic heterocycles. The summed E-state index contributed by atoms with van der Waals surface area (Å²) in [6.45, 7) is 6.27. The average Bonchev–Trinajstić information content (AvgIpc) is 2.25. The third kappa shape index (κ3) is 8.39. The first-order chi connectivity index (χ1) is 7.24. The van der Waals surface area contributed by atoms with Crippen molar-refractivity contribution < 1.29 is 9.90 Å². The summed E-state index contributed by atoms with van der Waals surface area (Å²) in [7, 11) is 0. The van der Waals surface area contributed by atoms with E-state index in [1.807, 2.05) is 6.92 Å². The summed E-state index contributed by atoms with van der Waals surface area (Å²) < 4.78 is 0. The van der Waals surface area contributed by atoms with Crippen LogP contribution in [0, 0.1) is 5.92 Å². The summed E-state index contributed by atoms with van der Waals surface area (Å²) in [5, 5.41) is 14.7. The monoisotopic (exact) mass is 216 g/mol. The highest BCUT2D eigenvalue weighted by molar-refractivity contribution is 5.77. The zero-order chi connectivity index (χ0) is 11.5. The van der Waals surface area contributed by atoms with Gasteiger partial charge in [-0.2, -0.15) is 0 Å². The number of nitrogens with one attached hydrogen (secondary N) is 2. The highest BCUT2D eigenvalue weighted by Crippen LogP contribution is 2.04. The fourth-order valence-corrected chi connectivity index (χ4v) is 1.35. The van der Waals surface area contributed by atoms with Crippen LogP contribution in [0.1, 0.15) is 33.1 Å². The van der Waals surface area contributed by atoms with Gasteiger partial charge in [-0.15, -0.1) is 0 Å². The van der Waals surface area contributed by atoms with Gasteiger partial charge in [0, 0.05) is 13.2 Å². The third-order valence-electron chi connectivity index (χ3n) is 2.41. The van der Waals surface area contributed by atoms with Gasteiger partial charge in [0.1, 0.15) is 0 Å². The fourth-order valence-electron chi connectivity index (χ4n) is 1.35. The van der Waals surface area contributed by atoms with Crippen LogP contribution in [0.25, 0.3) is 0 Å². The summed E-state index contributed by atoms with van der Waals surface area (Å²) in [6, 6.07) is 0. The number of aliphatic hydroxyl groups is 1. The molecule has 0 radical (unpaired) electrons. The molecule has 0 aromatic heterocycles. The van der Waals surface area contributed by atoms with Crippen LogP contribution in [0.15, 0.2) is 0 Å². The van der Waals surface area contributed by atoms with Gasteiger partial charge >= 0.3 is 0 Å². The van der Waals surface area contributed by atoms with Crippen molar-refractivity contribution in [2.24, 2.45) is 5.92 Å². The average molecular weight is 216 g/mol. The first kappa shape index (κ1) is 14.4. The van der Waals surface area contributed by atoms with Gasteiger partial charge in [0.25, 0.3) is 0 Å². The molecule has 1 atom stereocenters. The van der Waals surface area contributed by atoms with Crippen LogP contribution in [0.4, 0.5) is 0 Å². The molecule has 0 saturated heterocycles. The van der Waals surface area contributed by atoms with Gasteiger partial charge in [0.2, 0.25) is 5.91 Å². The first-order valence-corrected chi connectivity index (χ1v) is 5.82. The molecular formula is C11H24N2O2. The second kappa shape index (κ2) is 9.93. The highest BCUT2D eigenvalue weighted by Gasteiger charge is 2.06. The van der Waals surface area contributed by atoms with Crippen molar-refractivity contribution in [2.75, 3.05) is 26.2 Å². The lowest BCUT2D eigenvalue weighted by molar-refractivity contribution is -0.120. The SMILES string of the molecule is CCCNC(=O)CNCC(CC)CCO. The molecule has 4 nitrogen and oxygen atoms in total. The van der Waals surface area contributed by atoms with Crippen molar-refractivity contribution in [3.8, 4) is 0 Å². The Kier molecular flexibility index (Phi) is 9.52. The van der Waals surface area contributed by atoms with Crippen molar-refractivity contribution in [1.82, 2.24) is 10.6 Å². The smallest absolute Gasteiger partial charge is 0.233 e. The van der Waals surface area contributed by atoms with E-state index in [0.717, 1.165) is 32.4 Å². The van der Waals surface area contributed by atoms with E-state index in [0.29, 0.717) is 12.5 Å². The van der Waals surface area contributed by atoms with E-state index in [9.17, 15) is 4.79 Å². The van der Waals surface area contributed by atoms with Gasteiger partial charge in [-0.05, 0) is 25.3 Å². The minimum absolute atomic E-state index is 0.0516. The summed E-state index contributed by atoms with van der Waals surface area (Å²) in [5.41, 5.74) is 0. The van der Waals surface area contributed by atoms with Gasteiger partial charge in [0.15, 0.2) is 0 Å². The van der Waals surface area contributed by atoms with Crippen molar-refractivity contribution in [3.05, 3.63) is 0 Å². The van der Waals surface area contributed by atoms with Gasteiger partial charge in [0.05, 0.1) is 6.54 Å². The van der Waals surface area contributed by atoms with E-state index >= 15 is 0 Å². The van der Waals surface area contributed by atoms with Crippen molar-refractivity contribution in [3.63, 3.8) is 0 Å². The number of hydrogen-bond donors (Lipinski definition) is 3. The van der Waals surface area contributed by atoms with Crippen molar-refractivity contribution >= 4 is 5.91 Å². The Labute approximate surface area is 92.4 Å². The van der Waals surface area contributed by atoms with E-state index in [-0.39, 0.29) is 12.5 Å². The molecule has 4 heteroatoms. The lowest BCUT2D eigenvalue weighted by atomic mass is 10.0. The molecule has 0 fully saturated rings. The molecule has 0 aliphatic carbocycles. The maximum Gasteiger partial charge on any atom is 0.233 e. The van der Waals surface area contributed by atoms with Crippen LogP contribution in [-0.2, 0) is 4.79 Å². The molecule has 0 bridgehead atoms. The van der Waals surface area contributed by atoms with Crippen LogP contribution in [-0.4, -0.2) is 37.3 Å². The largest absolute Gasteiger partial charge is 0.396 e. The molecule has 0 aromatic rings. The number of hydrogen-bond acceptors (Lipinski definition) is 3. The molecule has 3 N–H and O–H groups in total. The van der Waals surface area contributed by atoms with E-state index < -0.39 is 0 Å². The maximum atomic E-state index is 11.2. The Morgan fingerprint density at radius 3 is 2.67 bits per heavy atom. The van der Waals surface area contributed by atoms with Gasteiger partial charge < -0.3 is 15.7 Å². The fraction of sp³-hybridized carbons (Fsp3) is 0.909. The molecule has 1 amide bonds. The summed E-state index contributed by atoms with van der Waals surface area (Å²) in [5.74, 6) is 0.518. The molecule has 0 saturated carbocycles. The Morgan fingerprint density at radius 2 is 2.13 bits per heavy atom. The van der Waals surface area contributed by atoms with Crippen LogP contribution in [0.2, 0.25) is 0 Å². The predicted molar refractivity (Wildman–Crippen MR) is 61.7 cm³/mol. The van der Waals surface area contributed by atoms with Crippen molar-refractivity contribution in [2.45, 2.75) is 33.1 Å². The number of carbonyl (C=O) groups excluding carboxylic acids is 1. The summed E-state index contributed by atoms with van der Waals surface area (Å²) in [6.07, 6.45) is 2.80. The quantitative estimate of drug-likeness (QED) is 0.526. The van der Waals surface area contributed by atoms with E-state index in [1.165, 1.54) is 0 Å². The second-order valence-electron chi connectivity index (χ2n) is 3.77. The van der Waals surface area contributed by atoms with Gasteiger partial charge in [-0.3, -0.25) is 4.79 Å². The zero-order valence-corrected chi connectivity index (χ0v) is 9.88. The van der Waals surface area contributed by atoms with E-state index in [2.05, 4.69) is 17.6 Å². The minimum Gasteiger partial charge on any atom is -0.396 e. The van der Waals surface area contributed by atoms with Gasteiger partial charge in [-0.1, -0.05) is 20.3 Å². The predicted octanol–water partition coefficient (Wildman–Crippen LogP) is 0.511. The molecule has 90 valence electrons. The topological polar surface area (TPSA) is 61.4 Å². The molecule has 0 aliphatic rings. The molecular weight excluding hydrogens is 192 g/mol.